The summed E-state index contributed by atoms with van der Waals surface area (Å²) in [6.45, 7) is 2.71. The summed E-state index contributed by atoms with van der Waals surface area (Å²) >= 11 is 0. The Morgan fingerprint density at radius 1 is 1.23 bits per heavy atom. The number of ether oxygens (including phenoxy) is 1. The van der Waals surface area contributed by atoms with Gasteiger partial charge in [-0.15, -0.1) is 0 Å². The molecule has 1 aromatic carbocycles. The molecule has 0 fully saturated rings. The van der Waals surface area contributed by atoms with Gasteiger partial charge in [-0.05, 0) is 19.9 Å². The molecule has 10 heteroatoms. The highest BCUT2D eigenvalue weighted by molar-refractivity contribution is 5.98. The number of carbonyl (C=O) groups excluding carboxylic acids is 1. The second-order valence-electron chi connectivity index (χ2n) is 5.60. The predicted molar refractivity (Wildman–Crippen MR) is 83.1 cm³/mol. The Kier molecular flexibility index (Phi) is 4.21. The lowest BCUT2D eigenvalue weighted by Gasteiger charge is -2.29. The number of nitrogens with zero attached hydrogens (tertiary/aromatic N) is 3. The summed E-state index contributed by atoms with van der Waals surface area (Å²) in [4.78, 5) is 25.5. The highest BCUT2D eigenvalue weighted by Gasteiger charge is 2.35. The molecule has 6 nitrogen and oxygen atoms in total. The van der Waals surface area contributed by atoms with Crippen LogP contribution in [0, 0.1) is 12.7 Å². The van der Waals surface area contributed by atoms with Crippen molar-refractivity contribution in [1.29, 1.82) is 0 Å². The average molecular weight is 371 g/mol. The van der Waals surface area contributed by atoms with E-state index in [1.807, 2.05) is 0 Å². The Balaban J connectivity index is 2.20. The van der Waals surface area contributed by atoms with Gasteiger partial charge >= 0.3 is 6.18 Å². The summed E-state index contributed by atoms with van der Waals surface area (Å²) in [5.41, 5.74) is -3.06. The van der Waals surface area contributed by atoms with Crippen LogP contribution >= 0.6 is 0 Å². The Morgan fingerprint density at radius 2 is 1.92 bits per heavy atom. The van der Waals surface area contributed by atoms with E-state index in [2.05, 4.69) is 5.10 Å². The molecule has 0 bridgehead atoms. The minimum atomic E-state index is -4.75. The number of fused-ring (bicyclic) bond motifs is 1. The van der Waals surface area contributed by atoms with E-state index in [4.69, 9.17) is 4.74 Å². The highest BCUT2D eigenvalue weighted by atomic mass is 19.4. The van der Waals surface area contributed by atoms with E-state index in [9.17, 15) is 27.2 Å². The monoisotopic (exact) mass is 371 g/mol. The van der Waals surface area contributed by atoms with Crippen molar-refractivity contribution in [3.63, 3.8) is 0 Å². The molecule has 26 heavy (non-hydrogen) atoms. The molecule has 0 N–H and O–H groups in total. The van der Waals surface area contributed by atoms with Gasteiger partial charge in [-0.2, -0.15) is 23.0 Å². The maximum atomic E-state index is 14.4. The van der Waals surface area contributed by atoms with Crippen molar-refractivity contribution >= 4 is 11.6 Å². The van der Waals surface area contributed by atoms with Gasteiger partial charge in [0.2, 0.25) is 0 Å². The van der Waals surface area contributed by atoms with Crippen molar-refractivity contribution in [2.24, 2.45) is 0 Å². The van der Waals surface area contributed by atoms with E-state index < -0.39 is 28.7 Å². The van der Waals surface area contributed by atoms with Crippen molar-refractivity contribution in [2.75, 3.05) is 18.1 Å². The predicted octanol–water partition coefficient (Wildman–Crippen LogP) is 2.44. The van der Waals surface area contributed by atoms with Crippen LogP contribution in [0.3, 0.4) is 0 Å². The van der Waals surface area contributed by atoms with E-state index in [0.717, 1.165) is 19.1 Å². The molecule has 0 unspecified atom stereocenters. The number of aromatic nitrogens is 2. The van der Waals surface area contributed by atoms with Gasteiger partial charge in [0.05, 0.1) is 17.4 Å². The molecular formula is C16H13F4N3O3. The van der Waals surface area contributed by atoms with Crippen LogP contribution in [-0.4, -0.2) is 28.8 Å². The first-order valence-electron chi connectivity index (χ1n) is 7.58. The summed E-state index contributed by atoms with van der Waals surface area (Å²) in [5.74, 6) is -1.17. The molecule has 0 saturated heterocycles. The van der Waals surface area contributed by atoms with Crippen molar-refractivity contribution in [1.82, 2.24) is 9.78 Å². The standard InChI is InChI=1S/C16H13F4N3O3/c1-3-22-12-5-11(10(17)4-13(12)26-7-14(22)24)23-15(25)8(2)9(6-21-23)16(18,19)20/h4-6H,3,7H2,1-2H3. The second-order valence-corrected chi connectivity index (χ2v) is 5.60. The molecule has 0 atom stereocenters. The number of halogens is 4. The molecule has 3 rings (SSSR count). The van der Waals surface area contributed by atoms with Gasteiger partial charge in [0.25, 0.3) is 11.5 Å². The van der Waals surface area contributed by atoms with Crippen LogP contribution < -0.4 is 15.2 Å². The van der Waals surface area contributed by atoms with Crippen molar-refractivity contribution in [3.8, 4) is 11.4 Å². The molecule has 1 aliphatic heterocycles. The van der Waals surface area contributed by atoms with Gasteiger partial charge in [0.15, 0.2) is 12.4 Å². The number of alkyl halides is 3. The smallest absolute Gasteiger partial charge is 0.418 e. The second kappa shape index (κ2) is 6.11. The number of anilines is 1. The molecule has 1 amide bonds. The van der Waals surface area contributed by atoms with Gasteiger partial charge in [-0.3, -0.25) is 9.59 Å². The summed E-state index contributed by atoms with van der Waals surface area (Å²) in [6.07, 6.45) is -4.28. The van der Waals surface area contributed by atoms with Crippen LogP contribution in [0.5, 0.6) is 5.75 Å². The molecule has 1 aliphatic rings. The van der Waals surface area contributed by atoms with Crippen LogP contribution in [-0.2, 0) is 11.0 Å². The average Bonchev–Trinajstić information content (AvgIpc) is 2.56. The van der Waals surface area contributed by atoms with E-state index in [0.29, 0.717) is 10.9 Å². The van der Waals surface area contributed by atoms with Crippen molar-refractivity contribution in [2.45, 2.75) is 20.0 Å². The molecule has 0 spiro atoms. The lowest BCUT2D eigenvalue weighted by molar-refractivity contribution is -0.138. The Bertz CT molecular complexity index is 953. The number of likely N-dealkylation sites (N-methyl/N-ethyl adjacent to an activating group) is 1. The largest absolute Gasteiger partial charge is 0.481 e. The first kappa shape index (κ1) is 17.9. The molecule has 138 valence electrons. The normalized spacial score (nSPS) is 14.2. The fourth-order valence-corrected chi connectivity index (χ4v) is 2.72. The van der Waals surface area contributed by atoms with Gasteiger partial charge in [-0.1, -0.05) is 0 Å². The van der Waals surface area contributed by atoms with Crippen LogP contribution in [0.15, 0.2) is 23.1 Å². The SMILES string of the molecule is CCN1C(=O)COc2cc(F)c(-n3ncc(C(F)(F)F)c(C)c3=O)cc21. The van der Waals surface area contributed by atoms with E-state index in [1.54, 1.807) is 6.92 Å². The summed E-state index contributed by atoms with van der Waals surface area (Å²) in [7, 11) is 0. The zero-order chi connectivity index (χ0) is 19.2. The zero-order valence-electron chi connectivity index (χ0n) is 13.7. The van der Waals surface area contributed by atoms with Crippen LogP contribution in [0.2, 0.25) is 0 Å². The van der Waals surface area contributed by atoms with E-state index in [1.165, 1.54) is 4.90 Å². The number of rotatable bonds is 2. The summed E-state index contributed by atoms with van der Waals surface area (Å²) in [5, 5.41) is 3.46. The number of hydrogen-bond donors (Lipinski definition) is 0. The molecule has 1 aromatic heterocycles. The lowest BCUT2D eigenvalue weighted by atomic mass is 10.1. The molecule has 0 saturated carbocycles. The van der Waals surface area contributed by atoms with Crippen LogP contribution in [0.25, 0.3) is 5.69 Å². The molecular weight excluding hydrogens is 358 g/mol. The fraction of sp³-hybridized carbons (Fsp3) is 0.312. The third kappa shape index (κ3) is 2.80. The molecule has 0 radical (unpaired) electrons. The Labute approximate surface area is 144 Å². The minimum Gasteiger partial charge on any atom is -0.481 e. The lowest BCUT2D eigenvalue weighted by Crippen LogP contribution is -2.39. The van der Waals surface area contributed by atoms with Crippen LogP contribution in [0.4, 0.5) is 23.2 Å². The summed E-state index contributed by atoms with van der Waals surface area (Å²) in [6, 6.07) is 2.13. The van der Waals surface area contributed by atoms with Crippen LogP contribution in [0.1, 0.15) is 18.1 Å². The maximum Gasteiger partial charge on any atom is 0.418 e. The Hall–Kier alpha value is -2.91. The van der Waals surface area contributed by atoms with Crippen molar-refractivity contribution < 1.29 is 27.1 Å². The van der Waals surface area contributed by atoms with Crippen molar-refractivity contribution in [3.05, 3.63) is 45.6 Å². The van der Waals surface area contributed by atoms with Gasteiger partial charge in [-0.25, -0.2) is 4.39 Å². The Morgan fingerprint density at radius 3 is 2.54 bits per heavy atom. The van der Waals surface area contributed by atoms with Gasteiger partial charge in [0.1, 0.15) is 11.4 Å². The summed E-state index contributed by atoms with van der Waals surface area (Å²) < 4.78 is 58.8. The molecule has 2 heterocycles. The fourth-order valence-electron chi connectivity index (χ4n) is 2.72. The number of amides is 1. The first-order valence-corrected chi connectivity index (χ1v) is 7.58. The highest BCUT2D eigenvalue weighted by Crippen LogP contribution is 2.35. The van der Waals surface area contributed by atoms with Gasteiger partial charge in [0, 0.05) is 18.2 Å². The number of benzene rings is 1. The van der Waals surface area contributed by atoms with E-state index >= 15 is 0 Å². The molecule has 0 aliphatic carbocycles. The minimum absolute atomic E-state index is 0.101. The number of carbonyl (C=O) groups is 1. The molecule has 2 aromatic rings. The third-order valence-corrected chi connectivity index (χ3v) is 4.04. The zero-order valence-corrected chi connectivity index (χ0v) is 13.7. The van der Waals surface area contributed by atoms with Gasteiger partial charge < -0.3 is 9.64 Å². The number of hydrogen-bond acceptors (Lipinski definition) is 4. The quantitative estimate of drug-likeness (QED) is 0.761. The van der Waals surface area contributed by atoms with E-state index in [-0.39, 0.29) is 36.2 Å². The topological polar surface area (TPSA) is 64.4 Å². The maximum absolute atomic E-state index is 14.4. The third-order valence-electron chi connectivity index (χ3n) is 4.04. The first-order chi connectivity index (χ1) is 12.1.